The summed E-state index contributed by atoms with van der Waals surface area (Å²) in [6, 6.07) is 2.57. The van der Waals surface area contributed by atoms with Gasteiger partial charge in [0.2, 0.25) is 0 Å². The fourth-order valence-corrected chi connectivity index (χ4v) is 1.86. The molecule has 0 spiro atoms. The topological polar surface area (TPSA) is 38.9 Å². The van der Waals surface area contributed by atoms with Crippen molar-refractivity contribution >= 4 is 16.6 Å². The Labute approximate surface area is 111 Å². The van der Waals surface area contributed by atoms with E-state index >= 15 is 0 Å². The maximum atomic E-state index is 13.6. The van der Waals surface area contributed by atoms with Crippen LogP contribution in [0, 0.1) is 24.0 Å². The van der Waals surface area contributed by atoms with Gasteiger partial charge in [-0.25, -0.2) is 13.8 Å². The third-order valence-electron chi connectivity index (χ3n) is 2.59. The molecular weight excluding hydrogens is 246 g/mol. The first-order valence-corrected chi connectivity index (χ1v) is 6.12. The quantitative estimate of drug-likeness (QED) is 0.796. The number of hydrogen-bond acceptors (Lipinski definition) is 2. The van der Waals surface area contributed by atoms with Gasteiger partial charge in [-0.3, -0.25) is 0 Å². The minimum absolute atomic E-state index is 0.0932. The summed E-state index contributed by atoms with van der Waals surface area (Å²) >= 11 is 0. The first-order chi connectivity index (χ1) is 9.08. The number of nitrogen functional groups attached to an aromatic ring is 1. The maximum absolute atomic E-state index is 13.6. The SMILES string of the molecule is C#Cc1c(F)c(F)cc2cc(N)nc(CC)c12.CC. The molecule has 19 heavy (non-hydrogen) atoms. The highest BCUT2D eigenvalue weighted by Crippen LogP contribution is 2.27. The Balaban J connectivity index is 0.000000861. The number of nitrogens with two attached hydrogens (primary N) is 1. The van der Waals surface area contributed by atoms with Crippen molar-refractivity contribution in [2.45, 2.75) is 27.2 Å². The molecule has 100 valence electrons. The Hall–Kier alpha value is -2.15. The predicted octanol–water partition coefficient (Wildman–Crippen LogP) is 3.67. The van der Waals surface area contributed by atoms with E-state index < -0.39 is 11.6 Å². The Morgan fingerprint density at radius 1 is 1.32 bits per heavy atom. The minimum Gasteiger partial charge on any atom is -0.384 e. The summed E-state index contributed by atoms with van der Waals surface area (Å²) in [5.74, 6) is 0.458. The molecule has 4 heteroatoms. The summed E-state index contributed by atoms with van der Waals surface area (Å²) in [5, 5.41) is 0.935. The van der Waals surface area contributed by atoms with Gasteiger partial charge in [0, 0.05) is 5.39 Å². The van der Waals surface area contributed by atoms with Gasteiger partial charge in [0.15, 0.2) is 11.6 Å². The molecule has 0 aliphatic carbocycles. The Morgan fingerprint density at radius 3 is 2.47 bits per heavy atom. The van der Waals surface area contributed by atoms with Crippen molar-refractivity contribution in [2.24, 2.45) is 0 Å². The first-order valence-electron chi connectivity index (χ1n) is 6.12. The van der Waals surface area contributed by atoms with Gasteiger partial charge in [0.1, 0.15) is 5.82 Å². The lowest BCUT2D eigenvalue weighted by Gasteiger charge is -2.09. The van der Waals surface area contributed by atoms with Crippen LogP contribution < -0.4 is 5.73 Å². The zero-order valence-corrected chi connectivity index (χ0v) is 11.2. The fourth-order valence-electron chi connectivity index (χ4n) is 1.86. The van der Waals surface area contributed by atoms with E-state index in [1.54, 1.807) is 0 Å². The number of fused-ring (bicyclic) bond motifs is 1. The molecule has 0 unspecified atom stereocenters. The van der Waals surface area contributed by atoms with Crippen LogP contribution in [0.25, 0.3) is 10.8 Å². The van der Waals surface area contributed by atoms with Gasteiger partial charge in [0.25, 0.3) is 0 Å². The lowest BCUT2D eigenvalue weighted by Crippen LogP contribution is -2.01. The second-order valence-electron chi connectivity index (χ2n) is 3.64. The van der Waals surface area contributed by atoms with Crippen LogP contribution in [0.15, 0.2) is 12.1 Å². The van der Waals surface area contributed by atoms with Crippen molar-refractivity contribution in [1.82, 2.24) is 4.98 Å². The molecule has 0 atom stereocenters. The zero-order chi connectivity index (χ0) is 14.6. The highest BCUT2D eigenvalue weighted by atomic mass is 19.2. The number of aromatic nitrogens is 1. The fraction of sp³-hybridized carbons (Fsp3) is 0.267. The van der Waals surface area contributed by atoms with Crippen LogP contribution in [-0.2, 0) is 6.42 Å². The summed E-state index contributed by atoms with van der Waals surface area (Å²) in [6.45, 7) is 5.85. The van der Waals surface area contributed by atoms with Crippen molar-refractivity contribution in [3.05, 3.63) is 35.0 Å². The van der Waals surface area contributed by atoms with Gasteiger partial charge < -0.3 is 5.73 Å². The number of anilines is 1. The van der Waals surface area contributed by atoms with Gasteiger partial charge in [-0.2, -0.15) is 0 Å². The molecule has 1 heterocycles. The molecular formula is C15H16F2N2. The molecule has 2 aromatic rings. The molecule has 1 aromatic carbocycles. The van der Waals surface area contributed by atoms with Gasteiger partial charge in [-0.05, 0) is 23.9 Å². The van der Waals surface area contributed by atoms with Crippen molar-refractivity contribution in [1.29, 1.82) is 0 Å². The summed E-state index contributed by atoms with van der Waals surface area (Å²) < 4.78 is 26.9. The van der Waals surface area contributed by atoms with E-state index in [1.807, 2.05) is 20.8 Å². The monoisotopic (exact) mass is 262 g/mol. The summed E-state index contributed by atoms with van der Waals surface area (Å²) in [7, 11) is 0. The molecule has 0 amide bonds. The molecule has 1 aromatic heterocycles. The van der Waals surface area contributed by atoms with E-state index in [9.17, 15) is 8.78 Å². The second kappa shape index (κ2) is 6.14. The van der Waals surface area contributed by atoms with Crippen LogP contribution in [0.4, 0.5) is 14.6 Å². The first kappa shape index (κ1) is 14.9. The largest absolute Gasteiger partial charge is 0.384 e. The predicted molar refractivity (Wildman–Crippen MR) is 74.7 cm³/mol. The lowest BCUT2D eigenvalue weighted by atomic mass is 10.0. The molecule has 0 aliphatic heterocycles. The molecule has 0 bridgehead atoms. The number of nitrogens with zero attached hydrogens (tertiary/aromatic N) is 1. The van der Waals surface area contributed by atoms with Crippen LogP contribution in [0.2, 0.25) is 0 Å². The number of rotatable bonds is 1. The van der Waals surface area contributed by atoms with Crippen molar-refractivity contribution < 1.29 is 8.78 Å². The number of aryl methyl sites for hydroxylation is 1. The van der Waals surface area contributed by atoms with Gasteiger partial charge >= 0.3 is 0 Å². The molecule has 0 fully saturated rings. The average molecular weight is 262 g/mol. The molecule has 2 N–H and O–H groups in total. The van der Waals surface area contributed by atoms with E-state index in [2.05, 4.69) is 10.9 Å². The third-order valence-corrected chi connectivity index (χ3v) is 2.59. The molecule has 0 saturated heterocycles. The van der Waals surface area contributed by atoms with E-state index in [0.717, 1.165) is 6.07 Å². The van der Waals surface area contributed by atoms with Crippen LogP contribution in [-0.4, -0.2) is 4.98 Å². The second-order valence-corrected chi connectivity index (χ2v) is 3.64. The highest BCUT2D eigenvalue weighted by Gasteiger charge is 2.15. The highest BCUT2D eigenvalue weighted by molar-refractivity contribution is 5.92. The van der Waals surface area contributed by atoms with E-state index in [4.69, 9.17) is 12.2 Å². The number of benzene rings is 1. The Kier molecular flexibility index (Phi) is 4.82. The number of halogens is 2. The Bertz CT molecular complexity index is 643. The van der Waals surface area contributed by atoms with E-state index in [1.165, 1.54) is 6.07 Å². The summed E-state index contributed by atoms with van der Waals surface area (Å²) in [4.78, 5) is 4.09. The van der Waals surface area contributed by atoms with Crippen LogP contribution >= 0.6 is 0 Å². The van der Waals surface area contributed by atoms with Gasteiger partial charge in [0.05, 0.1) is 11.3 Å². The van der Waals surface area contributed by atoms with Crippen molar-refractivity contribution in [3.8, 4) is 12.3 Å². The summed E-state index contributed by atoms with van der Waals surface area (Å²) in [6.07, 6.45) is 5.77. The minimum atomic E-state index is -1.01. The maximum Gasteiger partial charge on any atom is 0.175 e. The summed E-state index contributed by atoms with van der Waals surface area (Å²) in [5.41, 5.74) is 6.08. The Morgan fingerprint density at radius 2 is 1.95 bits per heavy atom. The molecule has 0 aliphatic rings. The zero-order valence-electron chi connectivity index (χ0n) is 11.2. The van der Waals surface area contributed by atoms with Crippen molar-refractivity contribution in [3.63, 3.8) is 0 Å². The average Bonchev–Trinajstić information content (AvgIpc) is 2.42. The van der Waals surface area contributed by atoms with Crippen LogP contribution in [0.1, 0.15) is 32.0 Å². The normalized spacial score (nSPS) is 9.68. The van der Waals surface area contributed by atoms with Gasteiger partial charge in [-0.1, -0.05) is 26.7 Å². The smallest absolute Gasteiger partial charge is 0.175 e. The molecule has 2 nitrogen and oxygen atoms in total. The number of terminal acetylenes is 1. The molecule has 0 radical (unpaired) electrons. The molecule has 0 saturated carbocycles. The lowest BCUT2D eigenvalue weighted by molar-refractivity contribution is 0.509. The van der Waals surface area contributed by atoms with E-state index in [0.29, 0.717) is 22.9 Å². The van der Waals surface area contributed by atoms with E-state index in [-0.39, 0.29) is 11.4 Å². The number of hydrogen-bond donors (Lipinski definition) is 1. The standard InChI is InChI=1S/C13H10F2N2.C2H6/c1-3-8-12-7(5-9(14)13(8)15)6-11(16)17-10(12)4-2;1-2/h1,5-6H,4H2,2H3,(H2,16,17);1-2H3. The third kappa shape index (κ3) is 2.65. The van der Waals surface area contributed by atoms with Gasteiger partial charge in [-0.15, -0.1) is 6.42 Å². The van der Waals surface area contributed by atoms with Crippen LogP contribution in [0.3, 0.4) is 0 Å². The number of pyridine rings is 1. The van der Waals surface area contributed by atoms with Crippen molar-refractivity contribution in [2.75, 3.05) is 5.73 Å². The van der Waals surface area contributed by atoms with Crippen LogP contribution in [0.5, 0.6) is 0 Å². The molecule has 2 rings (SSSR count).